The molecule has 0 saturated carbocycles. The highest BCUT2D eigenvalue weighted by Crippen LogP contribution is 2.36. The largest absolute Gasteiger partial charge is 0.492 e. The Morgan fingerprint density at radius 1 is 0.833 bits per heavy atom. The van der Waals surface area contributed by atoms with Crippen molar-refractivity contribution in [1.82, 2.24) is 15.1 Å². The molecule has 0 bridgehead atoms. The third kappa shape index (κ3) is 8.72. The molecule has 2 heterocycles. The van der Waals surface area contributed by atoms with Crippen molar-refractivity contribution in [1.29, 1.82) is 0 Å². The molecule has 2 aliphatic rings. The van der Waals surface area contributed by atoms with Gasteiger partial charge in [0.25, 0.3) is 11.8 Å². The smallest absolute Gasteiger partial charge is 0.264 e. The standard InChI is InChI=1S/C43H43ClN4O6/c1-47(27-28-54-32-20-18-31(19-21-32)39(30-13-6-3-7-14-30)33(24-25-44)29-11-4-2-5-12-29)38(50)17-8-9-26-45-35-16-10-15-34-40(35)43(53)48(42(34)52)36-22-23-37(49)46-41(36)51/h2-7,10-16,18-21,36,45H,8-9,17,22-28H2,1H3,(H,46,49,51). The molecule has 2 aliphatic heterocycles. The molecule has 10 nitrogen and oxygen atoms in total. The Balaban J connectivity index is 0.973. The number of carbonyl (C=O) groups is 5. The lowest BCUT2D eigenvalue weighted by Gasteiger charge is -2.27. The van der Waals surface area contributed by atoms with Crippen molar-refractivity contribution in [2.45, 2.75) is 44.6 Å². The van der Waals surface area contributed by atoms with Crippen molar-refractivity contribution in [3.8, 4) is 5.75 Å². The Labute approximate surface area is 320 Å². The number of hydrogen-bond acceptors (Lipinski definition) is 7. The molecule has 4 aromatic rings. The summed E-state index contributed by atoms with van der Waals surface area (Å²) in [6, 6.07) is 32.6. The second-order valence-corrected chi connectivity index (χ2v) is 13.6. The topological polar surface area (TPSA) is 125 Å². The Morgan fingerprint density at radius 3 is 2.20 bits per heavy atom. The Morgan fingerprint density at radius 2 is 1.52 bits per heavy atom. The minimum atomic E-state index is -1.02. The third-order valence-corrected chi connectivity index (χ3v) is 9.89. The van der Waals surface area contributed by atoms with Crippen LogP contribution in [0.3, 0.4) is 0 Å². The van der Waals surface area contributed by atoms with E-state index >= 15 is 0 Å². The van der Waals surface area contributed by atoms with Crippen molar-refractivity contribution in [2.24, 2.45) is 0 Å². The van der Waals surface area contributed by atoms with Crippen LogP contribution in [0, 0.1) is 0 Å². The fourth-order valence-corrected chi connectivity index (χ4v) is 7.08. The fraction of sp³-hybridized carbons (Fsp3) is 0.279. The number of amides is 5. The number of nitrogens with zero attached hydrogens (tertiary/aromatic N) is 2. The molecule has 0 radical (unpaired) electrons. The second kappa shape index (κ2) is 17.9. The molecule has 54 heavy (non-hydrogen) atoms. The van der Waals surface area contributed by atoms with Gasteiger partial charge in [-0.25, -0.2) is 0 Å². The first-order valence-corrected chi connectivity index (χ1v) is 18.8. The Hall–Kier alpha value is -5.74. The van der Waals surface area contributed by atoms with Crippen LogP contribution >= 0.6 is 11.6 Å². The number of anilines is 1. The first-order valence-electron chi connectivity index (χ1n) is 18.2. The van der Waals surface area contributed by atoms with Crippen LogP contribution in [0.1, 0.15) is 75.9 Å². The summed E-state index contributed by atoms with van der Waals surface area (Å²) in [7, 11) is 1.76. The molecule has 0 aliphatic carbocycles. The summed E-state index contributed by atoms with van der Waals surface area (Å²) in [5, 5.41) is 5.44. The summed E-state index contributed by atoms with van der Waals surface area (Å²) in [6.07, 6.45) is 2.50. The first kappa shape index (κ1) is 38.0. The van der Waals surface area contributed by atoms with E-state index in [0.29, 0.717) is 56.3 Å². The molecule has 1 unspecified atom stereocenters. The molecule has 6 rings (SSSR count). The zero-order valence-corrected chi connectivity index (χ0v) is 30.9. The van der Waals surface area contributed by atoms with Crippen LogP contribution in [0.25, 0.3) is 11.1 Å². The van der Waals surface area contributed by atoms with Crippen molar-refractivity contribution < 1.29 is 28.7 Å². The zero-order chi connectivity index (χ0) is 38.0. The number of rotatable bonds is 16. The van der Waals surface area contributed by atoms with E-state index in [2.05, 4.69) is 47.0 Å². The molecular formula is C43H43ClN4O6. The van der Waals surface area contributed by atoms with Gasteiger partial charge in [-0.15, -0.1) is 11.6 Å². The van der Waals surface area contributed by atoms with E-state index in [1.165, 1.54) is 5.57 Å². The van der Waals surface area contributed by atoms with Gasteiger partial charge in [-0.3, -0.25) is 34.2 Å². The van der Waals surface area contributed by atoms with Gasteiger partial charge < -0.3 is 15.0 Å². The first-order chi connectivity index (χ1) is 26.3. The maximum Gasteiger partial charge on any atom is 0.264 e. The molecule has 0 aromatic heterocycles. The lowest BCUT2D eigenvalue weighted by atomic mass is 9.88. The summed E-state index contributed by atoms with van der Waals surface area (Å²) in [5.41, 5.74) is 6.54. The van der Waals surface area contributed by atoms with Crippen molar-refractivity contribution in [3.63, 3.8) is 0 Å². The van der Waals surface area contributed by atoms with Gasteiger partial charge in [0, 0.05) is 38.0 Å². The third-order valence-electron chi connectivity index (χ3n) is 9.70. The average molecular weight is 747 g/mol. The molecule has 5 amide bonds. The summed E-state index contributed by atoms with van der Waals surface area (Å²) >= 11 is 6.29. The summed E-state index contributed by atoms with van der Waals surface area (Å²) < 4.78 is 6.03. The minimum Gasteiger partial charge on any atom is -0.492 e. The second-order valence-electron chi connectivity index (χ2n) is 13.3. The van der Waals surface area contributed by atoms with Crippen LogP contribution in [0.5, 0.6) is 5.75 Å². The molecule has 0 spiro atoms. The van der Waals surface area contributed by atoms with Crippen molar-refractivity contribution in [2.75, 3.05) is 37.9 Å². The number of fused-ring (bicyclic) bond motifs is 1. The SMILES string of the molecule is CN(CCOc1ccc(C(=C(CCCl)c2ccccc2)c2ccccc2)cc1)C(=O)CCCCNc1cccc2c1C(=O)N(C1CCC(=O)NC1=O)C2=O. The number of alkyl halides is 1. The summed E-state index contributed by atoms with van der Waals surface area (Å²) in [5.74, 6) is -0.959. The number of allylic oxidation sites excluding steroid dienone is 1. The van der Waals surface area contributed by atoms with Crippen LogP contribution in [-0.2, 0) is 14.4 Å². The van der Waals surface area contributed by atoms with E-state index in [0.717, 1.165) is 33.6 Å². The molecule has 11 heteroatoms. The number of hydrogen-bond donors (Lipinski definition) is 2. The molecule has 2 N–H and O–H groups in total. The van der Waals surface area contributed by atoms with E-state index in [1.807, 2.05) is 48.5 Å². The highest BCUT2D eigenvalue weighted by Gasteiger charge is 2.45. The summed E-state index contributed by atoms with van der Waals surface area (Å²) in [6.45, 7) is 1.25. The molecule has 278 valence electrons. The highest BCUT2D eigenvalue weighted by atomic mass is 35.5. The summed E-state index contributed by atoms with van der Waals surface area (Å²) in [4.78, 5) is 65.9. The lowest BCUT2D eigenvalue weighted by Crippen LogP contribution is -2.54. The monoisotopic (exact) mass is 746 g/mol. The number of benzene rings is 4. The quantitative estimate of drug-likeness (QED) is 0.0560. The number of ether oxygens (including phenoxy) is 1. The van der Waals surface area contributed by atoms with Gasteiger partial charge in [-0.1, -0.05) is 78.9 Å². The number of halogens is 1. The van der Waals surface area contributed by atoms with E-state index in [1.54, 1.807) is 30.1 Å². The average Bonchev–Trinajstić information content (AvgIpc) is 3.44. The number of nitrogens with one attached hydrogen (secondary N) is 2. The molecular weight excluding hydrogens is 704 g/mol. The molecule has 1 fully saturated rings. The van der Waals surface area contributed by atoms with Crippen molar-refractivity contribution in [3.05, 3.63) is 131 Å². The maximum absolute atomic E-state index is 13.3. The molecule has 4 aromatic carbocycles. The van der Waals surface area contributed by atoms with Crippen LogP contribution in [0.4, 0.5) is 5.69 Å². The van der Waals surface area contributed by atoms with Crippen molar-refractivity contribution >= 4 is 58.0 Å². The van der Waals surface area contributed by atoms with E-state index in [-0.39, 0.29) is 29.9 Å². The Kier molecular flexibility index (Phi) is 12.6. The normalized spacial score (nSPS) is 15.7. The van der Waals surface area contributed by atoms with Crippen LogP contribution in [-0.4, -0.2) is 78.0 Å². The molecule has 1 saturated heterocycles. The van der Waals surface area contributed by atoms with Gasteiger partial charge in [0.05, 0.1) is 17.7 Å². The fourth-order valence-electron chi connectivity index (χ4n) is 6.89. The zero-order valence-electron chi connectivity index (χ0n) is 30.2. The predicted octanol–water partition coefficient (Wildman–Crippen LogP) is 6.80. The number of piperidine rings is 1. The number of carbonyl (C=O) groups excluding carboxylic acids is 5. The van der Waals surface area contributed by atoms with Gasteiger partial charge in [0.2, 0.25) is 17.7 Å². The van der Waals surface area contributed by atoms with Crippen LogP contribution < -0.4 is 15.4 Å². The van der Waals surface area contributed by atoms with E-state index in [9.17, 15) is 24.0 Å². The van der Waals surface area contributed by atoms with Gasteiger partial charge in [-0.2, -0.15) is 0 Å². The predicted molar refractivity (Wildman–Crippen MR) is 209 cm³/mol. The van der Waals surface area contributed by atoms with Crippen LogP contribution in [0.15, 0.2) is 103 Å². The number of likely N-dealkylation sites (N-methyl/N-ethyl adjacent to an activating group) is 1. The van der Waals surface area contributed by atoms with E-state index in [4.69, 9.17) is 16.3 Å². The van der Waals surface area contributed by atoms with Gasteiger partial charge in [0.1, 0.15) is 18.4 Å². The van der Waals surface area contributed by atoms with Crippen LogP contribution in [0.2, 0.25) is 0 Å². The highest BCUT2D eigenvalue weighted by molar-refractivity contribution is 6.25. The number of imide groups is 2. The van der Waals surface area contributed by atoms with Gasteiger partial charge in [-0.05, 0) is 77.8 Å². The lowest BCUT2D eigenvalue weighted by molar-refractivity contribution is -0.136. The van der Waals surface area contributed by atoms with Gasteiger partial charge in [0.15, 0.2) is 0 Å². The molecule has 1 atom stereocenters. The van der Waals surface area contributed by atoms with E-state index < -0.39 is 29.7 Å². The van der Waals surface area contributed by atoms with Gasteiger partial charge >= 0.3 is 0 Å². The Bertz CT molecular complexity index is 2030. The maximum atomic E-state index is 13.3. The minimum absolute atomic E-state index is 0.000537. The number of unbranched alkanes of at least 4 members (excludes halogenated alkanes) is 1.